The highest BCUT2D eigenvalue weighted by Gasteiger charge is 2.25. The summed E-state index contributed by atoms with van der Waals surface area (Å²) in [6, 6.07) is 7.20. The second kappa shape index (κ2) is 5.85. The Morgan fingerprint density at radius 2 is 2.17 bits per heavy atom. The van der Waals surface area contributed by atoms with E-state index in [0.717, 1.165) is 11.0 Å². The maximum atomic E-state index is 5.95. The first-order valence-corrected chi connectivity index (χ1v) is 8.28. The monoisotopic (exact) mass is 328 g/mol. The minimum atomic E-state index is 0.0710. The van der Waals surface area contributed by atoms with Crippen LogP contribution in [0.4, 0.5) is 5.69 Å². The van der Waals surface area contributed by atoms with E-state index in [9.17, 15) is 0 Å². The van der Waals surface area contributed by atoms with Crippen molar-refractivity contribution in [3.05, 3.63) is 28.2 Å². The zero-order chi connectivity index (χ0) is 13.3. The van der Waals surface area contributed by atoms with E-state index in [0.29, 0.717) is 11.3 Å². The van der Waals surface area contributed by atoms with Gasteiger partial charge < -0.3 is 10.6 Å². The molecule has 0 aromatic heterocycles. The smallest absolute Gasteiger partial charge is 0.0380 e. The summed E-state index contributed by atoms with van der Waals surface area (Å²) in [4.78, 5) is 2.50. The molecule has 1 aromatic carbocycles. The Bertz CT molecular complexity index is 422. The number of anilines is 1. The first-order chi connectivity index (χ1) is 8.50. The summed E-state index contributed by atoms with van der Waals surface area (Å²) in [6.45, 7) is 7.76. The largest absolute Gasteiger partial charge is 0.367 e. The van der Waals surface area contributed by atoms with Crippen molar-refractivity contribution >= 4 is 33.4 Å². The lowest BCUT2D eigenvalue weighted by Gasteiger charge is -2.39. The number of thioether (sulfide) groups is 1. The van der Waals surface area contributed by atoms with E-state index in [1.54, 1.807) is 0 Å². The van der Waals surface area contributed by atoms with Gasteiger partial charge in [-0.15, -0.1) is 0 Å². The molecular formula is C14H21BrN2S. The summed E-state index contributed by atoms with van der Waals surface area (Å²) in [6.07, 6.45) is 0. The Balaban J connectivity index is 2.26. The summed E-state index contributed by atoms with van der Waals surface area (Å²) >= 11 is 5.70. The third kappa shape index (κ3) is 2.86. The van der Waals surface area contributed by atoms with E-state index in [-0.39, 0.29) is 6.04 Å². The molecule has 1 saturated heterocycles. The normalized spacial score (nSPS) is 26.2. The van der Waals surface area contributed by atoms with Gasteiger partial charge in [0.2, 0.25) is 0 Å². The van der Waals surface area contributed by atoms with Gasteiger partial charge >= 0.3 is 0 Å². The van der Waals surface area contributed by atoms with Gasteiger partial charge in [0.15, 0.2) is 0 Å². The van der Waals surface area contributed by atoms with E-state index in [1.807, 2.05) is 6.92 Å². The Hall–Kier alpha value is -0.190. The number of benzene rings is 1. The molecule has 100 valence electrons. The van der Waals surface area contributed by atoms with Crippen LogP contribution in [0.25, 0.3) is 0 Å². The number of nitrogens with two attached hydrogens (primary N) is 1. The van der Waals surface area contributed by atoms with Gasteiger partial charge in [0.1, 0.15) is 0 Å². The van der Waals surface area contributed by atoms with E-state index in [1.165, 1.54) is 17.0 Å². The molecule has 1 fully saturated rings. The van der Waals surface area contributed by atoms with Gasteiger partial charge in [-0.1, -0.05) is 28.9 Å². The second-order valence-corrected chi connectivity index (χ2v) is 7.34. The molecule has 0 aliphatic carbocycles. The number of halogens is 1. The summed E-state index contributed by atoms with van der Waals surface area (Å²) in [5.74, 6) is 1.21. The van der Waals surface area contributed by atoms with Crippen LogP contribution in [0.1, 0.15) is 32.4 Å². The fourth-order valence-corrected chi connectivity index (χ4v) is 4.19. The van der Waals surface area contributed by atoms with Crippen LogP contribution >= 0.6 is 27.7 Å². The van der Waals surface area contributed by atoms with E-state index >= 15 is 0 Å². The van der Waals surface area contributed by atoms with Crippen LogP contribution in [-0.4, -0.2) is 23.6 Å². The predicted molar refractivity (Wildman–Crippen MR) is 85.5 cm³/mol. The van der Waals surface area contributed by atoms with Crippen molar-refractivity contribution in [2.24, 2.45) is 5.73 Å². The molecule has 2 nitrogen and oxygen atoms in total. The van der Waals surface area contributed by atoms with Crippen molar-refractivity contribution in [3.8, 4) is 0 Å². The van der Waals surface area contributed by atoms with E-state index in [2.05, 4.69) is 64.6 Å². The number of hydrogen-bond donors (Lipinski definition) is 1. The van der Waals surface area contributed by atoms with Crippen LogP contribution in [0.15, 0.2) is 22.7 Å². The molecule has 1 heterocycles. The van der Waals surface area contributed by atoms with Crippen LogP contribution in [0.5, 0.6) is 0 Å². The predicted octanol–water partition coefficient (Wildman–Crippen LogP) is 3.80. The summed E-state index contributed by atoms with van der Waals surface area (Å²) in [5, 5.41) is 0.686. The number of nitrogens with zero attached hydrogens (tertiary/aromatic N) is 1. The molecule has 0 amide bonds. The van der Waals surface area contributed by atoms with Crippen molar-refractivity contribution in [1.82, 2.24) is 0 Å². The zero-order valence-corrected chi connectivity index (χ0v) is 13.6. The Morgan fingerprint density at radius 3 is 2.78 bits per heavy atom. The van der Waals surface area contributed by atoms with Crippen LogP contribution in [0.3, 0.4) is 0 Å². The zero-order valence-electron chi connectivity index (χ0n) is 11.2. The molecule has 4 heteroatoms. The van der Waals surface area contributed by atoms with Gasteiger partial charge in [-0.3, -0.25) is 0 Å². The Labute approximate surface area is 122 Å². The fourth-order valence-electron chi connectivity index (χ4n) is 2.36. The molecule has 2 N–H and O–H groups in total. The molecule has 0 saturated carbocycles. The SMILES string of the molecule is CC1SCCN(c2ccc([C@H](C)N)c(Br)c2)C1C. The molecule has 0 radical (unpaired) electrons. The van der Waals surface area contributed by atoms with Crippen molar-refractivity contribution < 1.29 is 0 Å². The fraction of sp³-hybridized carbons (Fsp3) is 0.571. The minimum absolute atomic E-state index is 0.0710. The van der Waals surface area contributed by atoms with Crippen molar-refractivity contribution in [2.75, 3.05) is 17.2 Å². The second-order valence-electron chi connectivity index (χ2n) is 5.00. The molecule has 0 bridgehead atoms. The van der Waals surface area contributed by atoms with E-state index < -0.39 is 0 Å². The molecule has 1 aromatic rings. The third-order valence-corrected chi connectivity index (χ3v) is 5.71. The molecule has 0 spiro atoms. The summed E-state index contributed by atoms with van der Waals surface area (Å²) in [7, 11) is 0. The van der Waals surface area contributed by atoms with Gasteiger partial charge in [0.05, 0.1) is 0 Å². The third-order valence-electron chi connectivity index (χ3n) is 3.69. The van der Waals surface area contributed by atoms with Gasteiger partial charge in [-0.05, 0) is 31.5 Å². The average molecular weight is 329 g/mol. The van der Waals surface area contributed by atoms with Gasteiger partial charge in [-0.2, -0.15) is 11.8 Å². The molecule has 3 atom stereocenters. The first kappa shape index (κ1) is 14.2. The summed E-state index contributed by atoms with van der Waals surface area (Å²) < 4.78 is 1.12. The topological polar surface area (TPSA) is 29.3 Å². The van der Waals surface area contributed by atoms with Crippen molar-refractivity contribution in [2.45, 2.75) is 38.1 Å². The molecular weight excluding hydrogens is 308 g/mol. The molecule has 18 heavy (non-hydrogen) atoms. The quantitative estimate of drug-likeness (QED) is 0.895. The molecule has 1 aliphatic rings. The highest BCUT2D eigenvalue weighted by Crippen LogP contribution is 2.32. The van der Waals surface area contributed by atoms with Crippen molar-refractivity contribution in [3.63, 3.8) is 0 Å². The highest BCUT2D eigenvalue weighted by molar-refractivity contribution is 9.10. The maximum Gasteiger partial charge on any atom is 0.0380 e. The number of hydrogen-bond acceptors (Lipinski definition) is 3. The first-order valence-electron chi connectivity index (χ1n) is 6.44. The Morgan fingerprint density at radius 1 is 1.44 bits per heavy atom. The lowest BCUT2D eigenvalue weighted by atomic mass is 10.1. The lowest BCUT2D eigenvalue weighted by molar-refractivity contribution is 0.627. The highest BCUT2D eigenvalue weighted by atomic mass is 79.9. The lowest BCUT2D eigenvalue weighted by Crippen LogP contribution is -2.44. The van der Waals surface area contributed by atoms with Gasteiger partial charge in [0, 0.05) is 39.8 Å². The van der Waals surface area contributed by atoms with Gasteiger partial charge in [-0.25, -0.2) is 0 Å². The standard InChI is InChI=1S/C14H21BrN2S/c1-9(16)13-5-4-12(8-14(13)15)17-6-7-18-11(3)10(17)2/h4-5,8-11H,6-7,16H2,1-3H3/t9-,10?,11?/m0/s1. The van der Waals surface area contributed by atoms with Crippen LogP contribution in [0, 0.1) is 0 Å². The minimum Gasteiger partial charge on any atom is -0.367 e. The maximum absolute atomic E-state index is 5.95. The average Bonchev–Trinajstić information content (AvgIpc) is 2.32. The molecule has 1 aliphatic heterocycles. The molecule has 2 rings (SSSR count). The summed E-state index contributed by atoms with van der Waals surface area (Å²) in [5.41, 5.74) is 8.41. The number of rotatable bonds is 2. The van der Waals surface area contributed by atoms with E-state index in [4.69, 9.17) is 5.73 Å². The van der Waals surface area contributed by atoms with Crippen LogP contribution < -0.4 is 10.6 Å². The Kier molecular flexibility index (Phi) is 4.62. The van der Waals surface area contributed by atoms with Gasteiger partial charge in [0.25, 0.3) is 0 Å². The molecule has 2 unspecified atom stereocenters. The van der Waals surface area contributed by atoms with Crippen LogP contribution in [0.2, 0.25) is 0 Å². The van der Waals surface area contributed by atoms with Crippen molar-refractivity contribution in [1.29, 1.82) is 0 Å². The van der Waals surface area contributed by atoms with Crippen LogP contribution in [-0.2, 0) is 0 Å².